The monoisotopic (exact) mass is 185 g/mol. The largest absolute Gasteiger partial charge is 0.373 e. The van der Waals surface area contributed by atoms with Gasteiger partial charge in [-0.1, -0.05) is 12.2 Å². The fourth-order valence-corrected chi connectivity index (χ4v) is 1.62. The minimum absolute atomic E-state index is 0.249. The Morgan fingerprint density at radius 1 is 1.69 bits per heavy atom. The van der Waals surface area contributed by atoms with Crippen molar-refractivity contribution in [1.82, 2.24) is 5.48 Å². The maximum atomic E-state index is 11.2. The zero-order valence-corrected chi connectivity index (χ0v) is 7.75. The van der Waals surface area contributed by atoms with E-state index in [1.165, 1.54) is 0 Å². The molecule has 1 saturated heterocycles. The van der Waals surface area contributed by atoms with E-state index in [2.05, 4.69) is 6.58 Å². The normalized spacial score (nSPS) is 28.2. The van der Waals surface area contributed by atoms with Crippen molar-refractivity contribution in [3.05, 3.63) is 12.2 Å². The number of hydrogen-bond acceptors (Lipinski definition) is 3. The van der Waals surface area contributed by atoms with Gasteiger partial charge < -0.3 is 4.74 Å². The van der Waals surface area contributed by atoms with Gasteiger partial charge in [0.15, 0.2) is 0 Å². The second-order valence-corrected chi connectivity index (χ2v) is 3.36. The standard InChI is InChI=1S/C9H15NO3/c1-6(2)8-7(9(11)10-12)4-3-5-13-8/h7-8,12H,1,3-5H2,2H3,(H,10,11)/t7-,8-/m1/s1. The molecule has 0 aliphatic carbocycles. The second-order valence-electron chi connectivity index (χ2n) is 3.36. The second kappa shape index (κ2) is 4.39. The quantitative estimate of drug-likeness (QED) is 0.381. The first-order valence-corrected chi connectivity index (χ1v) is 4.37. The Kier molecular flexibility index (Phi) is 3.45. The van der Waals surface area contributed by atoms with Crippen LogP contribution in [0.15, 0.2) is 12.2 Å². The van der Waals surface area contributed by atoms with E-state index < -0.39 is 0 Å². The molecule has 1 fully saturated rings. The highest BCUT2D eigenvalue weighted by Gasteiger charge is 2.31. The molecule has 0 aromatic carbocycles. The average molecular weight is 185 g/mol. The van der Waals surface area contributed by atoms with Crippen molar-refractivity contribution in [1.29, 1.82) is 0 Å². The molecule has 74 valence electrons. The Bertz CT molecular complexity index is 215. The molecule has 4 heteroatoms. The summed E-state index contributed by atoms with van der Waals surface area (Å²) in [5.74, 6) is -0.677. The Balaban J connectivity index is 2.67. The van der Waals surface area contributed by atoms with E-state index in [-0.39, 0.29) is 17.9 Å². The molecule has 1 rings (SSSR count). The van der Waals surface area contributed by atoms with Gasteiger partial charge in [0.05, 0.1) is 12.0 Å². The molecule has 0 bridgehead atoms. The lowest BCUT2D eigenvalue weighted by molar-refractivity contribution is -0.140. The Hall–Kier alpha value is -0.870. The van der Waals surface area contributed by atoms with Gasteiger partial charge in [-0.25, -0.2) is 5.48 Å². The van der Waals surface area contributed by atoms with Gasteiger partial charge in [-0.05, 0) is 19.8 Å². The van der Waals surface area contributed by atoms with Crippen LogP contribution < -0.4 is 5.48 Å². The average Bonchev–Trinajstić information content (AvgIpc) is 2.16. The summed E-state index contributed by atoms with van der Waals surface area (Å²) < 4.78 is 5.40. The van der Waals surface area contributed by atoms with Crippen molar-refractivity contribution in [2.75, 3.05) is 6.61 Å². The van der Waals surface area contributed by atoms with Crippen LogP contribution in [0, 0.1) is 5.92 Å². The highest BCUT2D eigenvalue weighted by Crippen LogP contribution is 2.25. The van der Waals surface area contributed by atoms with Crippen LogP contribution in [0.4, 0.5) is 0 Å². The summed E-state index contributed by atoms with van der Waals surface area (Å²) in [5, 5.41) is 8.50. The molecular weight excluding hydrogens is 170 g/mol. The molecule has 1 aliphatic heterocycles. The highest BCUT2D eigenvalue weighted by molar-refractivity contribution is 5.78. The van der Waals surface area contributed by atoms with E-state index in [1.807, 2.05) is 6.92 Å². The van der Waals surface area contributed by atoms with Gasteiger partial charge in [-0.2, -0.15) is 0 Å². The van der Waals surface area contributed by atoms with Crippen molar-refractivity contribution in [2.24, 2.45) is 5.92 Å². The van der Waals surface area contributed by atoms with Gasteiger partial charge >= 0.3 is 0 Å². The lowest BCUT2D eigenvalue weighted by Gasteiger charge is -2.30. The third-order valence-electron chi connectivity index (χ3n) is 2.25. The lowest BCUT2D eigenvalue weighted by atomic mass is 9.90. The van der Waals surface area contributed by atoms with E-state index in [0.29, 0.717) is 6.61 Å². The Labute approximate surface area is 77.5 Å². The SMILES string of the molecule is C=C(C)[C@H]1OCCC[C@H]1C(=O)NO. The molecule has 0 unspecified atom stereocenters. The number of nitrogens with one attached hydrogen (secondary N) is 1. The van der Waals surface area contributed by atoms with E-state index in [0.717, 1.165) is 18.4 Å². The number of carbonyl (C=O) groups is 1. The van der Waals surface area contributed by atoms with Crippen molar-refractivity contribution in [3.8, 4) is 0 Å². The van der Waals surface area contributed by atoms with Crippen LogP contribution in [0.1, 0.15) is 19.8 Å². The molecule has 1 amide bonds. The van der Waals surface area contributed by atoms with Gasteiger partial charge in [0.1, 0.15) is 0 Å². The zero-order valence-electron chi connectivity index (χ0n) is 7.75. The van der Waals surface area contributed by atoms with Crippen molar-refractivity contribution in [2.45, 2.75) is 25.9 Å². The molecule has 0 aromatic heterocycles. The van der Waals surface area contributed by atoms with Crippen molar-refractivity contribution < 1.29 is 14.7 Å². The van der Waals surface area contributed by atoms with Crippen LogP contribution in [0.5, 0.6) is 0 Å². The first-order valence-electron chi connectivity index (χ1n) is 4.37. The molecule has 0 saturated carbocycles. The molecule has 1 aliphatic rings. The molecular formula is C9H15NO3. The van der Waals surface area contributed by atoms with Gasteiger partial charge in [-0.3, -0.25) is 10.0 Å². The minimum atomic E-state index is -0.382. The summed E-state index contributed by atoms with van der Waals surface area (Å²) in [6.07, 6.45) is 1.34. The van der Waals surface area contributed by atoms with Gasteiger partial charge in [0.2, 0.25) is 5.91 Å². The van der Waals surface area contributed by atoms with Gasteiger partial charge in [0, 0.05) is 6.61 Å². The maximum Gasteiger partial charge on any atom is 0.249 e. The molecule has 2 atom stereocenters. The summed E-state index contributed by atoms with van der Waals surface area (Å²) in [6.45, 7) is 6.25. The Morgan fingerprint density at radius 3 is 2.92 bits per heavy atom. The first-order chi connectivity index (χ1) is 6.16. The molecule has 0 radical (unpaired) electrons. The first kappa shape index (κ1) is 10.2. The minimum Gasteiger partial charge on any atom is -0.373 e. The van der Waals surface area contributed by atoms with E-state index in [9.17, 15) is 4.79 Å². The number of amides is 1. The van der Waals surface area contributed by atoms with Crippen LogP contribution in [-0.4, -0.2) is 23.8 Å². The molecule has 4 nitrogen and oxygen atoms in total. The van der Waals surface area contributed by atoms with Crippen LogP contribution in [0.2, 0.25) is 0 Å². The number of carbonyl (C=O) groups excluding carboxylic acids is 1. The van der Waals surface area contributed by atoms with E-state index >= 15 is 0 Å². The summed E-state index contributed by atoms with van der Waals surface area (Å²) in [6, 6.07) is 0. The maximum absolute atomic E-state index is 11.2. The molecule has 13 heavy (non-hydrogen) atoms. The number of ether oxygens (including phenoxy) is 1. The van der Waals surface area contributed by atoms with Crippen LogP contribution >= 0.6 is 0 Å². The lowest BCUT2D eigenvalue weighted by Crippen LogP contribution is -2.40. The summed E-state index contributed by atoms with van der Waals surface area (Å²) >= 11 is 0. The van der Waals surface area contributed by atoms with Crippen LogP contribution in [0.3, 0.4) is 0 Å². The predicted molar refractivity (Wildman–Crippen MR) is 47.2 cm³/mol. The summed E-state index contributed by atoms with van der Waals surface area (Å²) in [4.78, 5) is 11.2. The third kappa shape index (κ3) is 2.29. The molecule has 1 heterocycles. The topological polar surface area (TPSA) is 58.6 Å². The van der Waals surface area contributed by atoms with E-state index in [4.69, 9.17) is 9.94 Å². The van der Waals surface area contributed by atoms with Crippen LogP contribution in [-0.2, 0) is 9.53 Å². The van der Waals surface area contributed by atoms with Crippen LogP contribution in [0.25, 0.3) is 0 Å². The fraction of sp³-hybridized carbons (Fsp3) is 0.667. The number of hydrogen-bond donors (Lipinski definition) is 2. The highest BCUT2D eigenvalue weighted by atomic mass is 16.5. The zero-order chi connectivity index (χ0) is 9.84. The number of rotatable bonds is 2. The van der Waals surface area contributed by atoms with Crippen molar-refractivity contribution >= 4 is 5.91 Å². The predicted octanol–water partition coefficient (Wildman–Crippen LogP) is 0.863. The van der Waals surface area contributed by atoms with Gasteiger partial charge in [-0.15, -0.1) is 0 Å². The molecule has 0 aromatic rings. The smallest absolute Gasteiger partial charge is 0.249 e. The summed E-state index contributed by atoms with van der Waals surface area (Å²) in [5.41, 5.74) is 2.49. The number of hydroxylamine groups is 1. The van der Waals surface area contributed by atoms with E-state index in [1.54, 1.807) is 5.48 Å². The third-order valence-corrected chi connectivity index (χ3v) is 2.25. The molecule has 0 spiro atoms. The van der Waals surface area contributed by atoms with Crippen molar-refractivity contribution in [3.63, 3.8) is 0 Å². The Morgan fingerprint density at radius 2 is 2.38 bits per heavy atom. The molecule has 2 N–H and O–H groups in total. The fourth-order valence-electron chi connectivity index (χ4n) is 1.62. The van der Waals surface area contributed by atoms with Gasteiger partial charge in [0.25, 0.3) is 0 Å². The summed E-state index contributed by atoms with van der Waals surface area (Å²) in [7, 11) is 0.